The van der Waals surface area contributed by atoms with Crippen LogP contribution in [0.25, 0.3) is 6.08 Å². The molecule has 3 rings (SSSR count). The molecule has 2 aromatic rings. The molecular weight excluding hydrogens is 462 g/mol. The first kappa shape index (κ1) is 21.0. The average Bonchev–Trinajstić information content (AvgIpc) is 2.93. The number of benzene rings is 2. The molecule has 1 fully saturated rings. The van der Waals surface area contributed by atoms with Crippen molar-refractivity contribution in [1.82, 2.24) is 4.90 Å². The van der Waals surface area contributed by atoms with Gasteiger partial charge >= 0.3 is 0 Å². The molecule has 0 N–H and O–H groups in total. The Bertz CT molecular complexity index is 930. The largest absolute Gasteiger partial charge is 0.490 e. The van der Waals surface area contributed by atoms with Crippen LogP contribution in [0.3, 0.4) is 0 Å². The van der Waals surface area contributed by atoms with Crippen LogP contribution >= 0.6 is 39.3 Å². The van der Waals surface area contributed by atoms with E-state index in [9.17, 15) is 9.59 Å². The first-order valence-electron chi connectivity index (χ1n) is 8.83. The molecule has 4 nitrogen and oxygen atoms in total. The zero-order chi connectivity index (χ0) is 20.3. The van der Waals surface area contributed by atoms with Crippen molar-refractivity contribution in [2.24, 2.45) is 0 Å². The molecule has 2 aromatic carbocycles. The zero-order valence-electron chi connectivity index (χ0n) is 15.4. The van der Waals surface area contributed by atoms with E-state index < -0.39 is 0 Å². The van der Waals surface area contributed by atoms with E-state index in [0.717, 1.165) is 39.5 Å². The van der Waals surface area contributed by atoms with Crippen LogP contribution in [0.4, 0.5) is 4.79 Å². The minimum atomic E-state index is -0.291. The Kier molecular flexibility index (Phi) is 6.86. The Morgan fingerprint density at radius 1 is 1.21 bits per heavy atom. The second-order valence-corrected chi connectivity index (χ2v) is 8.70. The molecule has 0 bridgehead atoms. The topological polar surface area (TPSA) is 46.6 Å². The molecule has 0 aliphatic carbocycles. The van der Waals surface area contributed by atoms with Crippen molar-refractivity contribution in [3.8, 4) is 5.75 Å². The van der Waals surface area contributed by atoms with Gasteiger partial charge in [-0.15, -0.1) is 0 Å². The predicted octanol–water partition coefficient (Wildman–Crippen LogP) is 6.52. The van der Waals surface area contributed by atoms with Gasteiger partial charge in [-0.05, 0) is 82.5 Å². The van der Waals surface area contributed by atoms with Gasteiger partial charge in [0, 0.05) is 5.02 Å². The average molecular weight is 481 g/mol. The number of nitrogens with zero attached hydrogens (tertiary/aromatic N) is 1. The van der Waals surface area contributed by atoms with Crippen molar-refractivity contribution in [3.05, 3.63) is 68.0 Å². The second-order valence-electron chi connectivity index (χ2n) is 6.42. The minimum Gasteiger partial charge on any atom is -0.490 e. The molecule has 0 spiro atoms. The second kappa shape index (κ2) is 9.16. The predicted molar refractivity (Wildman–Crippen MR) is 117 cm³/mol. The highest BCUT2D eigenvalue weighted by atomic mass is 79.9. The molecule has 0 radical (unpaired) electrons. The maximum atomic E-state index is 12.7. The number of imide groups is 1. The van der Waals surface area contributed by atoms with Crippen LogP contribution in [-0.2, 0) is 11.3 Å². The molecular formula is C21H19BrClNO3S. The van der Waals surface area contributed by atoms with Gasteiger partial charge < -0.3 is 4.74 Å². The first-order chi connectivity index (χ1) is 13.4. The summed E-state index contributed by atoms with van der Waals surface area (Å²) in [7, 11) is 0. The highest BCUT2D eigenvalue weighted by Gasteiger charge is 2.35. The molecule has 7 heteroatoms. The standard InChI is InChI=1S/C21H19BrClNO3S/c1-3-13(2)27-18-9-6-15(10-17(18)22)11-19-20(25)24(21(26)28-19)12-14-4-7-16(23)8-5-14/h4-11,13H,3,12H2,1-2H3/b19-11+/t13-/m1/s1. The molecule has 1 saturated heterocycles. The van der Waals surface area contributed by atoms with Crippen molar-refractivity contribution >= 4 is 56.5 Å². The van der Waals surface area contributed by atoms with E-state index >= 15 is 0 Å². The van der Waals surface area contributed by atoms with Gasteiger partial charge in [-0.25, -0.2) is 0 Å². The van der Waals surface area contributed by atoms with Gasteiger partial charge in [-0.2, -0.15) is 0 Å². The number of carbonyl (C=O) groups is 2. The lowest BCUT2D eigenvalue weighted by Gasteiger charge is -2.14. The molecule has 2 amide bonds. The summed E-state index contributed by atoms with van der Waals surface area (Å²) < 4.78 is 6.65. The molecule has 146 valence electrons. The summed E-state index contributed by atoms with van der Waals surface area (Å²) >= 11 is 10.3. The fraction of sp³-hybridized carbons (Fsp3) is 0.238. The van der Waals surface area contributed by atoms with E-state index in [1.807, 2.05) is 37.3 Å². The van der Waals surface area contributed by atoms with Gasteiger partial charge in [-0.3, -0.25) is 14.5 Å². The number of halogens is 2. The summed E-state index contributed by atoms with van der Waals surface area (Å²) in [5.74, 6) is 0.461. The number of ether oxygens (including phenoxy) is 1. The highest BCUT2D eigenvalue weighted by Crippen LogP contribution is 2.35. The number of rotatable bonds is 6. The van der Waals surface area contributed by atoms with Gasteiger partial charge in [0.2, 0.25) is 0 Å². The summed E-state index contributed by atoms with van der Waals surface area (Å²) in [5.41, 5.74) is 1.67. The SMILES string of the molecule is CC[C@@H](C)Oc1ccc(/C=C2/SC(=O)N(Cc3ccc(Cl)cc3)C2=O)cc1Br. The lowest BCUT2D eigenvalue weighted by molar-refractivity contribution is -0.123. The lowest BCUT2D eigenvalue weighted by Crippen LogP contribution is -2.27. The van der Waals surface area contributed by atoms with Crippen LogP contribution in [0.15, 0.2) is 51.8 Å². The fourth-order valence-electron chi connectivity index (χ4n) is 2.56. The van der Waals surface area contributed by atoms with Gasteiger partial charge in [0.05, 0.1) is 22.0 Å². The number of thioether (sulfide) groups is 1. The van der Waals surface area contributed by atoms with Crippen molar-refractivity contribution in [1.29, 1.82) is 0 Å². The van der Waals surface area contributed by atoms with Crippen LogP contribution in [0.2, 0.25) is 5.02 Å². The van der Waals surface area contributed by atoms with Crippen LogP contribution < -0.4 is 4.74 Å². The van der Waals surface area contributed by atoms with E-state index in [0.29, 0.717) is 9.93 Å². The van der Waals surface area contributed by atoms with Crippen LogP contribution in [-0.4, -0.2) is 22.2 Å². The fourth-order valence-corrected chi connectivity index (χ4v) is 4.02. The molecule has 0 saturated carbocycles. The number of amides is 2. The maximum absolute atomic E-state index is 12.7. The van der Waals surface area contributed by atoms with E-state index in [4.69, 9.17) is 16.3 Å². The van der Waals surface area contributed by atoms with E-state index in [1.165, 1.54) is 4.90 Å². The van der Waals surface area contributed by atoms with E-state index in [2.05, 4.69) is 22.9 Å². The Morgan fingerprint density at radius 2 is 1.93 bits per heavy atom. The van der Waals surface area contributed by atoms with Gasteiger partial charge in [0.25, 0.3) is 11.1 Å². The number of hydrogen-bond acceptors (Lipinski definition) is 4. The van der Waals surface area contributed by atoms with Gasteiger partial charge in [0.1, 0.15) is 5.75 Å². The molecule has 1 atom stereocenters. The summed E-state index contributed by atoms with van der Waals surface area (Å²) in [6.45, 7) is 4.30. The van der Waals surface area contributed by atoms with Crippen molar-refractivity contribution in [3.63, 3.8) is 0 Å². The molecule has 1 heterocycles. The zero-order valence-corrected chi connectivity index (χ0v) is 18.6. The van der Waals surface area contributed by atoms with Crippen molar-refractivity contribution < 1.29 is 14.3 Å². The summed E-state index contributed by atoms with van der Waals surface area (Å²) in [6.07, 6.45) is 2.76. The minimum absolute atomic E-state index is 0.117. The Morgan fingerprint density at radius 3 is 2.57 bits per heavy atom. The first-order valence-corrected chi connectivity index (χ1v) is 10.8. The third-order valence-corrected chi connectivity index (χ3v) is 6.06. The maximum Gasteiger partial charge on any atom is 0.293 e. The summed E-state index contributed by atoms with van der Waals surface area (Å²) in [4.78, 5) is 26.6. The Labute approximate surface area is 182 Å². The van der Waals surface area contributed by atoms with Crippen molar-refractivity contribution in [2.45, 2.75) is 32.9 Å². The van der Waals surface area contributed by atoms with Crippen LogP contribution in [0.1, 0.15) is 31.4 Å². The Balaban J connectivity index is 1.76. The van der Waals surface area contributed by atoms with Gasteiger partial charge in [0.15, 0.2) is 0 Å². The van der Waals surface area contributed by atoms with Crippen molar-refractivity contribution in [2.75, 3.05) is 0 Å². The number of carbonyl (C=O) groups excluding carboxylic acids is 2. The normalized spacial score (nSPS) is 16.7. The van der Waals surface area contributed by atoms with Crippen LogP contribution in [0.5, 0.6) is 5.75 Å². The summed E-state index contributed by atoms with van der Waals surface area (Å²) in [5, 5.41) is 0.339. The smallest absolute Gasteiger partial charge is 0.293 e. The van der Waals surface area contributed by atoms with Crippen LogP contribution in [0, 0.1) is 0 Å². The lowest BCUT2D eigenvalue weighted by atomic mass is 10.2. The Hall–Kier alpha value is -1.76. The quantitative estimate of drug-likeness (QED) is 0.442. The number of hydrogen-bond donors (Lipinski definition) is 0. The van der Waals surface area contributed by atoms with Gasteiger partial charge in [-0.1, -0.05) is 36.7 Å². The summed E-state index contributed by atoms with van der Waals surface area (Å²) in [6, 6.07) is 12.7. The highest BCUT2D eigenvalue weighted by molar-refractivity contribution is 9.10. The molecule has 0 aromatic heterocycles. The third kappa shape index (κ3) is 4.99. The van der Waals surface area contributed by atoms with E-state index in [1.54, 1.807) is 18.2 Å². The molecule has 28 heavy (non-hydrogen) atoms. The molecule has 1 aliphatic heterocycles. The molecule has 1 aliphatic rings. The monoisotopic (exact) mass is 479 g/mol. The molecule has 0 unspecified atom stereocenters. The van der Waals surface area contributed by atoms with E-state index in [-0.39, 0.29) is 23.8 Å². The third-order valence-electron chi connectivity index (χ3n) is 4.28.